The number of hydrogen-bond acceptors (Lipinski definition) is 2. The Balaban J connectivity index is 1.47. The highest BCUT2D eigenvalue weighted by atomic mass is 79.9. The highest BCUT2D eigenvalue weighted by Gasteiger charge is 2.41. The van der Waals surface area contributed by atoms with Crippen molar-refractivity contribution < 1.29 is 9.59 Å². The Hall–Kier alpha value is -4.16. The van der Waals surface area contributed by atoms with Crippen LogP contribution in [-0.4, -0.2) is 28.2 Å². The summed E-state index contributed by atoms with van der Waals surface area (Å²) in [5.74, 6) is -0.398. The molecule has 0 saturated carbocycles. The molecule has 1 atom stereocenters. The molecule has 6 heteroatoms. The van der Waals surface area contributed by atoms with E-state index in [1.807, 2.05) is 84.9 Å². The molecule has 6 rings (SSSR count). The van der Waals surface area contributed by atoms with Gasteiger partial charge in [0.25, 0.3) is 5.91 Å². The molecule has 2 N–H and O–H groups in total. The van der Waals surface area contributed by atoms with Gasteiger partial charge in [0.05, 0.1) is 11.7 Å². The molecule has 0 bridgehead atoms. The van der Waals surface area contributed by atoms with Crippen LogP contribution in [0.4, 0.5) is 5.69 Å². The molecule has 5 aromatic rings. The Bertz CT molecular complexity index is 1610. The second-order valence-electron chi connectivity index (χ2n) is 8.81. The summed E-state index contributed by atoms with van der Waals surface area (Å²) < 4.78 is 0.870. The second kappa shape index (κ2) is 9.13. The fourth-order valence-corrected chi connectivity index (χ4v) is 5.45. The van der Waals surface area contributed by atoms with Gasteiger partial charge >= 0.3 is 0 Å². The SMILES string of the molecule is O=C(CN1C(=O)c2ccccc2C1c1c(-c2ccccc2)[nH]c2ccccc12)Nc1cccc(Br)c1. The summed E-state index contributed by atoms with van der Waals surface area (Å²) in [7, 11) is 0. The summed E-state index contributed by atoms with van der Waals surface area (Å²) >= 11 is 3.44. The van der Waals surface area contributed by atoms with E-state index in [0.29, 0.717) is 11.3 Å². The van der Waals surface area contributed by atoms with Gasteiger partial charge in [0.1, 0.15) is 6.54 Å². The molecule has 5 nitrogen and oxygen atoms in total. The van der Waals surface area contributed by atoms with Gasteiger partial charge in [-0.3, -0.25) is 9.59 Å². The Morgan fingerprint density at radius 3 is 2.47 bits per heavy atom. The van der Waals surface area contributed by atoms with Crippen LogP contribution in [0, 0.1) is 0 Å². The molecular formula is C30H22BrN3O2. The number of aromatic amines is 1. The zero-order chi connectivity index (χ0) is 24.6. The molecule has 1 aliphatic rings. The van der Waals surface area contributed by atoms with E-state index in [2.05, 4.69) is 44.4 Å². The van der Waals surface area contributed by atoms with Crippen LogP contribution < -0.4 is 5.32 Å². The maximum atomic E-state index is 13.7. The lowest BCUT2D eigenvalue weighted by Gasteiger charge is -2.26. The normalized spacial score (nSPS) is 14.8. The number of nitrogens with one attached hydrogen (secondary N) is 2. The third-order valence-electron chi connectivity index (χ3n) is 6.56. The van der Waals surface area contributed by atoms with Gasteiger partial charge in [-0.05, 0) is 41.5 Å². The van der Waals surface area contributed by atoms with E-state index < -0.39 is 6.04 Å². The van der Waals surface area contributed by atoms with Crippen molar-refractivity contribution in [1.29, 1.82) is 0 Å². The second-order valence-corrected chi connectivity index (χ2v) is 9.72. The number of halogens is 1. The Morgan fingerprint density at radius 2 is 1.64 bits per heavy atom. The van der Waals surface area contributed by atoms with Crippen LogP contribution in [0.3, 0.4) is 0 Å². The number of rotatable bonds is 5. The summed E-state index contributed by atoms with van der Waals surface area (Å²) in [6.07, 6.45) is 0. The maximum absolute atomic E-state index is 13.7. The highest BCUT2D eigenvalue weighted by molar-refractivity contribution is 9.10. The predicted molar refractivity (Wildman–Crippen MR) is 146 cm³/mol. The average molecular weight is 536 g/mol. The van der Waals surface area contributed by atoms with Crippen LogP contribution in [-0.2, 0) is 4.79 Å². The van der Waals surface area contributed by atoms with Crippen LogP contribution in [0.2, 0.25) is 0 Å². The van der Waals surface area contributed by atoms with E-state index in [0.717, 1.165) is 37.8 Å². The largest absolute Gasteiger partial charge is 0.354 e. The van der Waals surface area contributed by atoms with Gasteiger partial charge in [-0.15, -0.1) is 0 Å². The number of hydrogen-bond donors (Lipinski definition) is 2. The van der Waals surface area contributed by atoms with E-state index >= 15 is 0 Å². The first-order chi connectivity index (χ1) is 17.6. The van der Waals surface area contributed by atoms with Crippen LogP contribution in [0.1, 0.15) is 27.5 Å². The van der Waals surface area contributed by atoms with Gasteiger partial charge in [0, 0.05) is 32.2 Å². The standard InChI is InChI=1S/C30H22BrN3O2/c31-20-11-8-12-21(17-20)32-26(35)18-34-29(22-13-4-5-14-23(22)30(34)36)27-24-15-6-7-16-25(24)33-28(27)19-9-2-1-3-10-19/h1-17,29,33H,18H2,(H,32,35). The third kappa shape index (κ3) is 3.89. The molecule has 2 heterocycles. The van der Waals surface area contributed by atoms with Crippen molar-refractivity contribution in [2.75, 3.05) is 11.9 Å². The number of anilines is 1. The van der Waals surface area contributed by atoms with Crippen molar-refractivity contribution in [3.8, 4) is 11.3 Å². The summed E-state index contributed by atoms with van der Waals surface area (Å²) in [5.41, 5.74) is 6.16. The lowest BCUT2D eigenvalue weighted by atomic mass is 9.93. The van der Waals surface area contributed by atoms with Crippen LogP contribution in [0.25, 0.3) is 22.2 Å². The Kier molecular flexibility index (Phi) is 5.66. The van der Waals surface area contributed by atoms with Crippen molar-refractivity contribution >= 4 is 44.3 Å². The zero-order valence-corrected chi connectivity index (χ0v) is 20.8. The molecule has 176 valence electrons. The van der Waals surface area contributed by atoms with Gasteiger partial charge in [0.15, 0.2) is 0 Å². The van der Waals surface area contributed by atoms with Gasteiger partial charge in [-0.2, -0.15) is 0 Å². The molecule has 0 spiro atoms. The van der Waals surface area contributed by atoms with Gasteiger partial charge in [-0.1, -0.05) is 88.7 Å². The number of nitrogens with zero attached hydrogens (tertiary/aromatic N) is 1. The van der Waals surface area contributed by atoms with Gasteiger partial charge in [-0.25, -0.2) is 0 Å². The van der Waals surface area contributed by atoms with Crippen molar-refractivity contribution in [1.82, 2.24) is 9.88 Å². The van der Waals surface area contributed by atoms with Crippen molar-refractivity contribution in [2.24, 2.45) is 0 Å². The number of H-pyrrole nitrogens is 1. The molecule has 0 aliphatic carbocycles. The fourth-order valence-electron chi connectivity index (χ4n) is 5.05. The summed E-state index contributed by atoms with van der Waals surface area (Å²) in [5, 5.41) is 3.97. The number of para-hydroxylation sites is 1. The minimum atomic E-state index is -0.409. The summed E-state index contributed by atoms with van der Waals surface area (Å²) in [6.45, 7) is -0.0710. The van der Waals surface area contributed by atoms with E-state index in [9.17, 15) is 9.59 Å². The molecule has 4 aromatic carbocycles. The molecule has 36 heavy (non-hydrogen) atoms. The molecule has 1 aromatic heterocycles. The van der Waals surface area contributed by atoms with Crippen LogP contribution >= 0.6 is 15.9 Å². The average Bonchev–Trinajstić information content (AvgIpc) is 3.40. The molecule has 1 aliphatic heterocycles. The molecule has 0 fully saturated rings. The van der Waals surface area contributed by atoms with Gasteiger partial charge in [0.2, 0.25) is 5.91 Å². The molecule has 2 amide bonds. The molecular weight excluding hydrogens is 514 g/mol. The molecule has 0 radical (unpaired) electrons. The number of benzene rings is 4. The maximum Gasteiger partial charge on any atom is 0.255 e. The monoisotopic (exact) mass is 535 g/mol. The molecule has 1 unspecified atom stereocenters. The van der Waals surface area contributed by atoms with Crippen LogP contribution in [0.5, 0.6) is 0 Å². The fraction of sp³-hybridized carbons (Fsp3) is 0.0667. The summed E-state index contributed by atoms with van der Waals surface area (Å²) in [4.78, 5) is 32.1. The first kappa shape index (κ1) is 22.3. The predicted octanol–water partition coefficient (Wildman–Crippen LogP) is 6.78. The van der Waals surface area contributed by atoms with E-state index in [1.54, 1.807) is 4.90 Å². The first-order valence-corrected chi connectivity index (χ1v) is 12.5. The van der Waals surface area contributed by atoms with E-state index in [4.69, 9.17) is 0 Å². The van der Waals surface area contributed by atoms with E-state index in [-0.39, 0.29) is 18.4 Å². The zero-order valence-electron chi connectivity index (χ0n) is 19.2. The van der Waals surface area contributed by atoms with Crippen molar-refractivity contribution in [2.45, 2.75) is 6.04 Å². The minimum absolute atomic E-state index is 0.0710. The Labute approximate surface area is 216 Å². The number of amides is 2. The lowest BCUT2D eigenvalue weighted by molar-refractivity contribution is -0.117. The molecule has 0 saturated heterocycles. The topological polar surface area (TPSA) is 65.2 Å². The smallest absolute Gasteiger partial charge is 0.255 e. The number of carbonyl (C=O) groups is 2. The Morgan fingerprint density at radius 1 is 0.889 bits per heavy atom. The number of aromatic nitrogens is 1. The van der Waals surface area contributed by atoms with Crippen molar-refractivity contribution in [3.05, 3.63) is 124 Å². The minimum Gasteiger partial charge on any atom is -0.354 e. The lowest BCUT2D eigenvalue weighted by Crippen LogP contribution is -2.36. The van der Waals surface area contributed by atoms with E-state index in [1.165, 1.54) is 0 Å². The van der Waals surface area contributed by atoms with Crippen LogP contribution in [0.15, 0.2) is 108 Å². The number of fused-ring (bicyclic) bond motifs is 2. The third-order valence-corrected chi connectivity index (χ3v) is 7.06. The highest BCUT2D eigenvalue weighted by Crippen LogP contribution is 2.45. The van der Waals surface area contributed by atoms with Crippen molar-refractivity contribution in [3.63, 3.8) is 0 Å². The summed E-state index contributed by atoms with van der Waals surface area (Å²) in [6, 6.07) is 32.9. The quantitative estimate of drug-likeness (QED) is 0.260. The van der Waals surface area contributed by atoms with Gasteiger partial charge < -0.3 is 15.2 Å². The first-order valence-electron chi connectivity index (χ1n) is 11.7. The number of carbonyl (C=O) groups excluding carboxylic acids is 2.